The summed E-state index contributed by atoms with van der Waals surface area (Å²) in [5, 5.41) is 4.89. The molecule has 0 aliphatic carbocycles. The molecule has 160 valence electrons. The van der Waals surface area contributed by atoms with E-state index in [9.17, 15) is 14.0 Å². The minimum absolute atomic E-state index is 0.0696. The second kappa shape index (κ2) is 8.39. The normalized spacial score (nSPS) is 14.7. The summed E-state index contributed by atoms with van der Waals surface area (Å²) in [7, 11) is 1.83. The molecule has 2 aliphatic rings. The number of amidine groups is 1. The number of carbonyl (C=O) groups is 2. The fourth-order valence-electron chi connectivity index (χ4n) is 3.44. The Morgan fingerprint density at radius 3 is 2.81 bits per heavy atom. The van der Waals surface area contributed by atoms with Crippen molar-refractivity contribution < 1.29 is 14.0 Å². The van der Waals surface area contributed by atoms with Gasteiger partial charge >= 0.3 is 0 Å². The molecule has 0 atom stereocenters. The number of nitrogens with zero attached hydrogens (tertiary/aromatic N) is 3. The number of hydrogen-bond acceptors (Lipinski definition) is 5. The Morgan fingerprint density at radius 1 is 1.26 bits per heavy atom. The summed E-state index contributed by atoms with van der Waals surface area (Å²) < 4.78 is 14.6. The molecule has 2 amide bonds. The molecule has 4 rings (SSSR count). The first-order chi connectivity index (χ1) is 14.9. The zero-order chi connectivity index (χ0) is 22.1. The number of aliphatic imine (C=N–C) groups is 1. The molecule has 0 saturated carbocycles. The number of carbonyl (C=O) groups excluding carboxylic acids is 2. The molecule has 2 aliphatic heterocycles. The van der Waals surface area contributed by atoms with Gasteiger partial charge in [0.15, 0.2) is 5.84 Å². The standard InChI is InChI=1S/C22H21ClFN5O2/c1-3-20(30)25-10-14-5-4-13(8-17(14)24)22(31)29-12-15-11-26-28(2)21(15)27-18-9-16(23)6-7-19(18)29/h4-9,11,26H,3,10,12H2,1-2H3,(H,25,30). The Bertz CT molecular complexity index is 1130. The van der Waals surface area contributed by atoms with E-state index < -0.39 is 5.82 Å². The zero-order valence-corrected chi connectivity index (χ0v) is 17.8. The maximum atomic E-state index is 14.6. The maximum Gasteiger partial charge on any atom is 0.258 e. The van der Waals surface area contributed by atoms with E-state index in [0.717, 1.165) is 5.57 Å². The van der Waals surface area contributed by atoms with Crippen molar-refractivity contribution in [2.24, 2.45) is 4.99 Å². The summed E-state index contributed by atoms with van der Waals surface area (Å²) in [6.45, 7) is 2.06. The van der Waals surface area contributed by atoms with E-state index in [1.807, 2.05) is 7.05 Å². The van der Waals surface area contributed by atoms with E-state index in [0.29, 0.717) is 34.2 Å². The van der Waals surface area contributed by atoms with E-state index in [1.165, 1.54) is 12.1 Å². The van der Waals surface area contributed by atoms with Gasteiger partial charge in [0.1, 0.15) is 5.82 Å². The van der Waals surface area contributed by atoms with Crippen LogP contribution in [0.4, 0.5) is 15.8 Å². The lowest BCUT2D eigenvalue weighted by molar-refractivity contribution is -0.120. The second-order valence-corrected chi connectivity index (χ2v) is 7.69. The fraction of sp³-hybridized carbons (Fsp3) is 0.227. The number of amides is 2. The van der Waals surface area contributed by atoms with Crippen LogP contribution < -0.4 is 15.6 Å². The van der Waals surface area contributed by atoms with Crippen molar-refractivity contribution in [3.8, 4) is 0 Å². The van der Waals surface area contributed by atoms with Crippen LogP contribution in [0, 0.1) is 5.82 Å². The SMILES string of the molecule is CCC(=O)NCc1ccc(C(=O)N2CC3=CNN(C)C3=Nc3cc(Cl)ccc32)cc1F. The van der Waals surface area contributed by atoms with Crippen LogP contribution in [-0.2, 0) is 11.3 Å². The maximum absolute atomic E-state index is 14.6. The molecule has 31 heavy (non-hydrogen) atoms. The van der Waals surface area contributed by atoms with Crippen LogP contribution in [0.1, 0.15) is 29.3 Å². The Kier molecular flexibility index (Phi) is 5.65. The van der Waals surface area contributed by atoms with Gasteiger partial charge in [0.05, 0.1) is 17.9 Å². The highest BCUT2D eigenvalue weighted by Gasteiger charge is 2.30. The second-order valence-electron chi connectivity index (χ2n) is 7.25. The predicted octanol–water partition coefficient (Wildman–Crippen LogP) is 3.53. The van der Waals surface area contributed by atoms with Crippen molar-refractivity contribution in [1.82, 2.24) is 15.8 Å². The van der Waals surface area contributed by atoms with Crippen molar-refractivity contribution in [3.63, 3.8) is 0 Å². The largest absolute Gasteiger partial charge is 0.352 e. The van der Waals surface area contributed by atoms with Gasteiger partial charge in [-0.1, -0.05) is 24.6 Å². The molecule has 0 aromatic heterocycles. The number of hydrazine groups is 1. The van der Waals surface area contributed by atoms with Crippen LogP contribution in [0.2, 0.25) is 5.02 Å². The zero-order valence-electron chi connectivity index (χ0n) is 17.1. The highest BCUT2D eigenvalue weighted by atomic mass is 35.5. The lowest BCUT2D eigenvalue weighted by atomic mass is 10.1. The third-order valence-corrected chi connectivity index (χ3v) is 5.40. The number of likely N-dealkylation sites (N-methyl/N-ethyl adjacent to an activating group) is 1. The third-order valence-electron chi connectivity index (χ3n) is 5.16. The number of anilines is 1. The summed E-state index contributed by atoms with van der Waals surface area (Å²) in [5.74, 6) is -0.393. The number of rotatable bonds is 4. The quantitative estimate of drug-likeness (QED) is 0.761. The topological polar surface area (TPSA) is 77.0 Å². The van der Waals surface area contributed by atoms with Crippen LogP contribution in [-0.4, -0.2) is 36.3 Å². The van der Waals surface area contributed by atoms with Crippen molar-refractivity contribution in [3.05, 3.63) is 70.1 Å². The highest BCUT2D eigenvalue weighted by Crippen LogP contribution is 2.36. The molecular formula is C22H21ClFN5O2. The number of hydrogen-bond donors (Lipinski definition) is 2. The molecule has 0 radical (unpaired) electrons. The van der Waals surface area contributed by atoms with Gasteiger partial charge < -0.3 is 15.6 Å². The van der Waals surface area contributed by atoms with Crippen LogP contribution >= 0.6 is 11.6 Å². The number of benzene rings is 2. The van der Waals surface area contributed by atoms with E-state index in [1.54, 1.807) is 47.3 Å². The first-order valence-corrected chi connectivity index (χ1v) is 10.2. The molecule has 0 fully saturated rings. The molecular weight excluding hydrogens is 421 g/mol. The van der Waals surface area contributed by atoms with Gasteiger partial charge in [-0.15, -0.1) is 0 Å². The van der Waals surface area contributed by atoms with Gasteiger partial charge in [0, 0.05) is 47.9 Å². The predicted molar refractivity (Wildman–Crippen MR) is 118 cm³/mol. The highest BCUT2D eigenvalue weighted by molar-refractivity contribution is 6.31. The molecule has 0 spiro atoms. The summed E-state index contributed by atoms with van der Waals surface area (Å²) in [5.41, 5.74) is 5.53. The van der Waals surface area contributed by atoms with Gasteiger partial charge in [-0.05, 0) is 30.3 Å². The average Bonchev–Trinajstić information content (AvgIpc) is 3.00. The number of fused-ring (bicyclic) bond motifs is 2. The van der Waals surface area contributed by atoms with Crippen LogP contribution in [0.3, 0.4) is 0 Å². The van der Waals surface area contributed by atoms with Gasteiger partial charge in [0.25, 0.3) is 5.91 Å². The molecule has 7 nitrogen and oxygen atoms in total. The smallest absolute Gasteiger partial charge is 0.258 e. The van der Waals surface area contributed by atoms with Crippen molar-refractivity contribution >= 4 is 40.6 Å². The molecule has 0 saturated heterocycles. The Hall–Kier alpha value is -3.39. The van der Waals surface area contributed by atoms with Gasteiger partial charge in [-0.25, -0.2) is 9.38 Å². The molecule has 2 N–H and O–H groups in total. The van der Waals surface area contributed by atoms with Crippen LogP contribution in [0.25, 0.3) is 0 Å². The van der Waals surface area contributed by atoms with Gasteiger partial charge in [0.2, 0.25) is 5.91 Å². The van der Waals surface area contributed by atoms with Crippen LogP contribution in [0.15, 0.2) is 53.2 Å². The first kappa shape index (κ1) is 20.9. The Labute approximate surface area is 184 Å². The molecule has 2 heterocycles. The number of nitrogens with one attached hydrogen (secondary N) is 2. The molecule has 2 aromatic rings. The Balaban J connectivity index is 1.66. The minimum atomic E-state index is -0.549. The monoisotopic (exact) mass is 441 g/mol. The third kappa shape index (κ3) is 4.11. The van der Waals surface area contributed by atoms with Gasteiger partial charge in [-0.3, -0.25) is 14.6 Å². The van der Waals surface area contributed by atoms with Crippen LogP contribution in [0.5, 0.6) is 0 Å². The van der Waals surface area contributed by atoms with E-state index in [4.69, 9.17) is 11.6 Å². The average molecular weight is 442 g/mol. The summed E-state index contributed by atoms with van der Waals surface area (Å²) in [6.07, 6.45) is 2.10. The minimum Gasteiger partial charge on any atom is -0.352 e. The summed E-state index contributed by atoms with van der Waals surface area (Å²) in [4.78, 5) is 31.1. The van der Waals surface area contributed by atoms with E-state index >= 15 is 0 Å². The lowest BCUT2D eigenvalue weighted by Crippen LogP contribution is -2.35. The van der Waals surface area contributed by atoms with Crippen molar-refractivity contribution in [2.45, 2.75) is 19.9 Å². The first-order valence-electron chi connectivity index (χ1n) is 9.82. The molecule has 0 bridgehead atoms. The molecule has 0 unspecified atom stereocenters. The summed E-state index contributed by atoms with van der Waals surface area (Å²) >= 11 is 6.16. The fourth-order valence-corrected chi connectivity index (χ4v) is 3.61. The van der Waals surface area contributed by atoms with Crippen molar-refractivity contribution in [1.29, 1.82) is 0 Å². The number of halogens is 2. The summed E-state index contributed by atoms with van der Waals surface area (Å²) in [6, 6.07) is 9.41. The molecule has 9 heteroatoms. The van der Waals surface area contributed by atoms with Crippen molar-refractivity contribution in [2.75, 3.05) is 18.5 Å². The Morgan fingerprint density at radius 2 is 2.06 bits per heavy atom. The molecule has 2 aromatic carbocycles. The lowest BCUT2D eigenvalue weighted by Gasteiger charge is -2.23. The van der Waals surface area contributed by atoms with E-state index in [-0.39, 0.29) is 30.5 Å². The van der Waals surface area contributed by atoms with Gasteiger partial charge in [-0.2, -0.15) is 0 Å². The van der Waals surface area contributed by atoms with E-state index in [2.05, 4.69) is 15.7 Å².